The predicted octanol–water partition coefficient (Wildman–Crippen LogP) is 4.18. The number of benzene rings is 1. The van der Waals surface area contributed by atoms with Crippen molar-refractivity contribution in [3.63, 3.8) is 0 Å². The molecule has 0 aliphatic carbocycles. The van der Waals surface area contributed by atoms with E-state index >= 15 is 0 Å². The molecular formula is C21H29F3N4O2. The summed E-state index contributed by atoms with van der Waals surface area (Å²) in [7, 11) is 0. The number of amides is 1. The highest BCUT2D eigenvalue weighted by Gasteiger charge is 2.24. The minimum absolute atomic E-state index is 0.228. The maximum absolute atomic E-state index is 14.8. The number of hydrogen-bond donors (Lipinski definition) is 2. The lowest BCUT2D eigenvalue weighted by atomic mass is 10.1. The molecule has 0 saturated carbocycles. The van der Waals surface area contributed by atoms with Gasteiger partial charge in [0.2, 0.25) is 0 Å². The first-order valence-corrected chi connectivity index (χ1v) is 10.2. The Morgan fingerprint density at radius 1 is 1.13 bits per heavy atom. The van der Waals surface area contributed by atoms with Gasteiger partial charge in [0.25, 0.3) is 5.91 Å². The van der Waals surface area contributed by atoms with E-state index in [2.05, 4.69) is 16.8 Å². The summed E-state index contributed by atoms with van der Waals surface area (Å²) in [6.45, 7) is 8.50. The Morgan fingerprint density at radius 3 is 2.50 bits per heavy atom. The van der Waals surface area contributed by atoms with Crippen molar-refractivity contribution in [2.45, 2.75) is 53.0 Å². The number of halogens is 3. The number of carbonyl (C=O) groups excluding carboxylic acids is 1. The normalized spacial score (nSPS) is 11.9. The Morgan fingerprint density at radius 2 is 1.87 bits per heavy atom. The van der Waals surface area contributed by atoms with E-state index in [1.54, 1.807) is 6.92 Å². The third-order valence-corrected chi connectivity index (χ3v) is 5.17. The Bertz CT molecular complexity index is 912. The van der Waals surface area contributed by atoms with Gasteiger partial charge in [0.1, 0.15) is 16.9 Å². The maximum atomic E-state index is 14.8. The summed E-state index contributed by atoms with van der Waals surface area (Å²) < 4.78 is 45.6. The number of carbonyl (C=O) groups is 1. The lowest BCUT2D eigenvalue weighted by Gasteiger charge is -2.21. The number of nitrogens with zero attached hydrogens (tertiary/aromatic N) is 3. The number of likely N-dealkylation sites (N-methyl/N-ethyl adjacent to an activating group) is 1. The molecule has 1 aromatic carbocycles. The molecule has 0 aliphatic heterocycles. The van der Waals surface area contributed by atoms with Gasteiger partial charge in [-0.15, -0.1) is 0 Å². The smallest absolute Gasteiger partial charge is 0.267 e. The van der Waals surface area contributed by atoms with E-state index in [9.17, 15) is 18.0 Å². The van der Waals surface area contributed by atoms with Crippen LogP contribution in [0.3, 0.4) is 0 Å². The maximum Gasteiger partial charge on any atom is 0.267 e. The van der Waals surface area contributed by atoms with E-state index in [0.29, 0.717) is 25.0 Å². The second-order valence-electron chi connectivity index (χ2n) is 7.17. The van der Waals surface area contributed by atoms with E-state index in [1.165, 1.54) is 16.5 Å². The van der Waals surface area contributed by atoms with E-state index < -0.39 is 28.9 Å². The molecule has 30 heavy (non-hydrogen) atoms. The number of fused-ring (bicyclic) bond motifs is 1. The molecule has 0 radical (unpaired) electrons. The Kier molecular flexibility index (Phi) is 8.86. The average Bonchev–Trinajstić information content (AvgIpc) is 3.07. The Labute approximate surface area is 174 Å². The van der Waals surface area contributed by atoms with Gasteiger partial charge >= 0.3 is 0 Å². The van der Waals surface area contributed by atoms with E-state index in [4.69, 9.17) is 5.21 Å². The van der Waals surface area contributed by atoms with Crippen molar-refractivity contribution in [1.82, 2.24) is 19.9 Å². The fraction of sp³-hybridized carbons (Fsp3) is 0.524. The molecule has 6 nitrogen and oxygen atoms in total. The molecular weight excluding hydrogens is 397 g/mol. The first kappa shape index (κ1) is 23.9. The van der Waals surface area contributed by atoms with Crippen molar-refractivity contribution in [3.8, 4) is 0 Å². The van der Waals surface area contributed by atoms with Crippen LogP contribution in [0.5, 0.6) is 0 Å². The number of rotatable bonds is 11. The number of hydroxylamine groups is 1. The van der Waals surface area contributed by atoms with Crippen LogP contribution in [0.1, 0.15) is 50.9 Å². The molecule has 0 spiro atoms. The molecule has 0 saturated heterocycles. The van der Waals surface area contributed by atoms with Crippen LogP contribution in [0, 0.1) is 24.4 Å². The van der Waals surface area contributed by atoms with Crippen LogP contribution in [0.15, 0.2) is 6.08 Å². The lowest BCUT2D eigenvalue weighted by Crippen LogP contribution is -2.28. The largest absolute Gasteiger partial charge is 0.324 e. The molecule has 1 heterocycles. The fourth-order valence-electron chi connectivity index (χ4n) is 3.43. The molecule has 0 bridgehead atoms. The molecule has 0 atom stereocenters. The van der Waals surface area contributed by atoms with Gasteiger partial charge in [-0.2, -0.15) is 0 Å². The first-order valence-electron chi connectivity index (χ1n) is 10.2. The van der Waals surface area contributed by atoms with Gasteiger partial charge in [-0.1, -0.05) is 33.1 Å². The van der Waals surface area contributed by atoms with Gasteiger partial charge in [-0.3, -0.25) is 10.0 Å². The Balaban J connectivity index is 2.31. The second-order valence-corrected chi connectivity index (χ2v) is 7.17. The van der Waals surface area contributed by atoms with Gasteiger partial charge in [0.05, 0.1) is 5.56 Å². The molecule has 2 rings (SSSR count). The molecule has 2 aromatic rings. The van der Waals surface area contributed by atoms with Crippen molar-refractivity contribution in [2.75, 3.05) is 19.6 Å². The molecule has 1 amide bonds. The number of aromatic nitrogens is 2. The summed E-state index contributed by atoms with van der Waals surface area (Å²) in [4.78, 5) is 17.4. The standard InChI is InChI=1S/C21H29F3N4O2/c1-4-6-7-8-11-27(5-2)12-13-28-14(3)25-20-18(23)15(9-10-16(29)26-30)17(22)19(24)21(20)28/h9-10,30H,4-8,11-13H2,1-3H3,(H,26,29). The lowest BCUT2D eigenvalue weighted by molar-refractivity contribution is -0.124. The number of aryl methyl sites for hydroxylation is 1. The number of unbranched alkanes of at least 4 members (excludes halogenated alkanes) is 3. The molecule has 166 valence electrons. The summed E-state index contributed by atoms with van der Waals surface area (Å²) in [6, 6.07) is 0. The van der Waals surface area contributed by atoms with Crippen LogP contribution in [0.4, 0.5) is 13.2 Å². The highest BCUT2D eigenvalue weighted by atomic mass is 19.2. The molecule has 0 unspecified atom stereocenters. The predicted molar refractivity (Wildman–Crippen MR) is 110 cm³/mol. The quantitative estimate of drug-likeness (QED) is 0.186. The van der Waals surface area contributed by atoms with Crippen LogP contribution in [-0.2, 0) is 11.3 Å². The van der Waals surface area contributed by atoms with Crippen molar-refractivity contribution in [2.24, 2.45) is 0 Å². The van der Waals surface area contributed by atoms with Crippen molar-refractivity contribution >= 4 is 23.0 Å². The number of nitrogens with one attached hydrogen (secondary N) is 1. The van der Waals surface area contributed by atoms with Crippen LogP contribution < -0.4 is 5.48 Å². The topological polar surface area (TPSA) is 70.4 Å². The first-order chi connectivity index (χ1) is 14.3. The van der Waals surface area contributed by atoms with E-state index in [-0.39, 0.29) is 11.0 Å². The number of hydrogen-bond acceptors (Lipinski definition) is 4. The van der Waals surface area contributed by atoms with Crippen molar-refractivity contribution in [3.05, 3.63) is 34.9 Å². The van der Waals surface area contributed by atoms with Crippen LogP contribution in [0.2, 0.25) is 0 Å². The van der Waals surface area contributed by atoms with Gasteiger partial charge in [-0.05, 0) is 32.5 Å². The average molecular weight is 426 g/mol. The minimum Gasteiger partial charge on any atom is -0.324 e. The summed E-state index contributed by atoms with van der Waals surface area (Å²) in [5.74, 6) is -4.30. The van der Waals surface area contributed by atoms with Gasteiger partial charge < -0.3 is 9.47 Å². The summed E-state index contributed by atoms with van der Waals surface area (Å²) in [5.41, 5.74) is 0.0630. The van der Waals surface area contributed by atoms with Gasteiger partial charge in [0.15, 0.2) is 17.5 Å². The monoisotopic (exact) mass is 426 g/mol. The number of imidazole rings is 1. The highest BCUT2D eigenvalue weighted by Crippen LogP contribution is 2.29. The molecule has 9 heteroatoms. The highest BCUT2D eigenvalue weighted by molar-refractivity contribution is 5.92. The molecule has 2 N–H and O–H groups in total. The molecule has 1 aromatic heterocycles. The zero-order chi connectivity index (χ0) is 22.3. The van der Waals surface area contributed by atoms with E-state index in [1.807, 2.05) is 6.92 Å². The summed E-state index contributed by atoms with van der Waals surface area (Å²) >= 11 is 0. The fourth-order valence-corrected chi connectivity index (χ4v) is 3.43. The zero-order valence-corrected chi connectivity index (χ0v) is 17.6. The SMILES string of the molecule is CCCCCCN(CC)CCn1c(C)nc2c(F)c(C=CC(=O)NO)c(F)c(F)c21. The van der Waals surface area contributed by atoms with Crippen LogP contribution >= 0.6 is 0 Å². The van der Waals surface area contributed by atoms with Gasteiger partial charge in [-0.25, -0.2) is 23.6 Å². The van der Waals surface area contributed by atoms with Crippen molar-refractivity contribution in [1.29, 1.82) is 0 Å². The summed E-state index contributed by atoms with van der Waals surface area (Å²) in [5, 5.41) is 8.49. The summed E-state index contributed by atoms with van der Waals surface area (Å²) in [6.07, 6.45) is 6.03. The van der Waals surface area contributed by atoms with Crippen molar-refractivity contribution < 1.29 is 23.2 Å². The minimum atomic E-state index is -1.41. The van der Waals surface area contributed by atoms with Crippen LogP contribution in [-0.4, -0.2) is 45.2 Å². The van der Waals surface area contributed by atoms with Gasteiger partial charge in [0, 0.05) is 19.2 Å². The second kappa shape index (κ2) is 11.1. The van der Waals surface area contributed by atoms with E-state index in [0.717, 1.165) is 38.4 Å². The third-order valence-electron chi connectivity index (χ3n) is 5.17. The zero-order valence-electron chi connectivity index (χ0n) is 17.6. The molecule has 0 aliphatic rings. The Hall–Kier alpha value is -2.39. The van der Waals surface area contributed by atoms with Crippen LogP contribution in [0.25, 0.3) is 17.1 Å². The third kappa shape index (κ3) is 5.40. The molecule has 0 fully saturated rings.